The van der Waals surface area contributed by atoms with E-state index in [1.54, 1.807) is 7.11 Å². The Morgan fingerprint density at radius 1 is 1.00 bits per heavy atom. The van der Waals surface area contributed by atoms with Gasteiger partial charge in [-0.1, -0.05) is 24.3 Å². The van der Waals surface area contributed by atoms with Crippen LogP contribution in [0.3, 0.4) is 0 Å². The smallest absolute Gasteiger partial charge is 0.227 e. The molecule has 0 bridgehead atoms. The SMILES string of the molecule is COc1cccc(Oc2nc(CN)cc3ccccc23)c1. The molecule has 0 atom stereocenters. The number of rotatable bonds is 4. The zero-order valence-electron chi connectivity index (χ0n) is 11.7. The number of nitrogens with two attached hydrogens (primary N) is 1. The molecular weight excluding hydrogens is 264 g/mol. The molecule has 0 fully saturated rings. The van der Waals surface area contributed by atoms with E-state index in [2.05, 4.69) is 4.98 Å². The largest absolute Gasteiger partial charge is 0.497 e. The van der Waals surface area contributed by atoms with Crippen LogP contribution < -0.4 is 15.2 Å². The van der Waals surface area contributed by atoms with Crippen LogP contribution >= 0.6 is 0 Å². The summed E-state index contributed by atoms with van der Waals surface area (Å²) in [5, 5.41) is 2.02. The van der Waals surface area contributed by atoms with Crippen LogP contribution in [0.15, 0.2) is 54.6 Å². The van der Waals surface area contributed by atoms with Crippen molar-refractivity contribution in [2.75, 3.05) is 7.11 Å². The summed E-state index contributed by atoms with van der Waals surface area (Å²) in [7, 11) is 1.63. The minimum absolute atomic E-state index is 0.374. The molecule has 1 aromatic heterocycles. The van der Waals surface area contributed by atoms with Crippen molar-refractivity contribution >= 4 is 10.8 Å². The molecule has 0 aliphatic rings. The van der Waals surface area contributed by atoms with Crippen LogP contribution in [0.2, 0.25) is 0 Å². The van der Waals surface area contributed by atoms with Crippen molar-refractivity contribution in [3.63, 3.8) is 0 Å². The highest BCUT2D eigenvalue weighted by molar-refractivity contribution is 5.87. The number of fused-ring (bicyclic) bond motifs is 1. The van der Waals surface area contributed by atoms with Gasteiger partial charge in [0.05, 0.1) is 12.8 Å². The summed E-state index contributed by atoms with van der Waals surface area (Å²) in [5.74, 6) is 1.98. The lowest BCUT2D eigenvalue weighted by atomic mass is 10.1. The van der Waals surface area contributed by atoms with E-state index in [0.717, 1.165) is 22.2 Å². The van der Waals surface area contributed by atoms with Crippen LogP contribution in [0.25, 0.3) is 10.8 Å². The van der Waals surface area contributed by atoms with Gasteiger partial charge in [0, 0.05) is 18.0 Å². The number of benzene rings is 2. The molecule has 0 aliphatic carbocycles. The number of hydrogen-bond acceptors (Lipinski definition) is 4. The molecule has 0 amide bonds. The first-order valence-electron chi connectivity index (χ1n) is 6.71. The third-order valence-electron chi connectivity index (χ3n) is 3.22. The summed E-state index contributed by atoms with van der Waals surface area (Å²) < 4.78 is 11.1. The quantitative estimate of drug-likeness (QED) is 0.794. The Morgan fingerprint density at radius 3 is 2.62 bits per heavy atom. The fourth-order valence-corrected chi connectivity index (χ4v) is 2.18. The molecule has 0 unspecified atom stereocenters. The Kier molecular flexibility index (Phi) is 3.71. The Bertz CT molecular complexity index is 772. The maximum Gasteiger partial charge on any atom is 0.227 e. The van der Waals surface area contributed by atoms with Gasteiger partial charge in [0.25, 0.3) is 0 Å². The molecule has 2 N–H and O–H groups in total. The molecule has 0 radical (unpaired) electrons. The highest BCUT2D eigenvalue weighted by Crippen LogP contribution is 2.30. The Balaban J connectivity index is 2.06. The molecule has 0 saturated carbocycles. The molecule has 2 aromatic carbocycles. The second-order valence-electron chi connectivity index (χ2n) is 4.63. The Hall–Kier alpha value is -2.59. The average molecular weight is 280 g/mol. The van der Waals surface area contributed by atoms with E-state index < -0.39 is 0 Å². The van der Waals surface area contributed by atoms with Crippen LogP contribution in [0.5, 0.6) is 17.4 Å². The van der Waals surface area contributed by atoms with Crippen LogP contribution in [-0.2, 0) is 6.54 Å². The van der Waals surface area contributed by atoms with Crippen molar-refractivity contribution in [2.45, 2.75) is 6.54 Å². The van der Waals surface area contributed by atoms with Gasteiger partial charge in [0.1, 0.15) is 11.5 Å². The summed E-state index contributed by atoms with van der Waals surface area (Å²) >= 11 is 0. The van der Waals surface area contributed by atoms with Gasteiger partial charge in [-0.15, -0.1) is 0 Å². The summed E-state index contributed by atoms with van der Waals surface area (Å²) in [4.78, 5) is 4.48. The summed E-state index contributed by atoms with van der Waals surface area (Å²) in [5.41, 5.74) is 6.51. The molecule has 1 heterocycles. The molecule has 0 aliphatic heterocycles. The third-order valence-corrected chi connectivity index (χ3v) is 3.22. The Morgan fingerprint density at radius 2 is 1.81 bits per heavy atom. The van der Waals surface area contributed by atoms with Crippen LogP contribution in [-0.4, -0.2) is 12.1 Å². The van der Waals surface area contributed by atoms with Crippen molar-refractivity contribution in [1.82, 2.24) is 4.98 Å². The predicted octanol–water partition coefficient (Wildman–Crippen LogP) is 3.49. The molecule has 4 heteroatoms. The lowest BCUT2D eigenvalue weighted by molar-refractivity contribution is 0.408. The first-order valence-corrected chi connectivity index (χ1v) is 6.71. The lowest BCUT2D eigenvalue weighted by Crippen LogP contribution is -2.01. The van der Waals surface area contributed by atoms with Crippen molar-refractivity contribution in [1.29, 1.82) is 0 Å². The molecule has 106 valence electrons. The summed E-state index contributed by atoms with van der Waals surface area (Å²) in [6.07, 6.45) is 0. The molecule has 3 rings (SSSR count). The molecule has 0 spiro atoms. The van der Waals surface area contributed by atoms with Gasteiger partial charge in [0.2, 0.25) is 5.88 Å². The van der Waals surface area contributed by atoms with E-state index in [1.807, 2.05) is 54.6 Å². The molecule has 21 heavy (non-hydrogen) atoms. The minimum Gasteiger partial charge on any atom is -0.497 e. The second kappa shape index (κ2) is 5.81. The number of methoxy groups -OCH3 is 1. The topological polar surface area (TPSA) is 57.4 Å². The number of ether oxygens (including phenoxy) is 2. The Labute approximate surface area is 123 Å². The zero-order chi connectivity index (χ0) is 14.7. The van der Waals surface area contributed by atoms with E-state index in [0.29, 0.717) is 18.2 Å². The van der Waals surface area contributed by atoms with E-state index in [9.17, 15) is 0 Å². The fourth-order valence-electron chi connectivity index (χ4n) is 2.18. The lowest BCUT2D eigenvalue weighted by Gasteiger charge is -2.10. The van der Waals surface area contributed by atoms with Crippen molar-refractivity contribution in [3.8, 4) is 17.4 Å². The maximum atomic E-state index is 5.93. The van der Waals surface area contributed by atoms with E-state index in [-0.39, 0.29) is 0 Å². The summed E-state index contributed by atoms with van der Waals surface area (Å²) in [6.45, 7) is 0.374. The highest BCUT2D eigenvalue weighted by Gasteiger charge is 2.08. The molecule has 3 aromatic rings. The standard InChI is InChI=1S/C17H16N2O2/c1-20-14-6-4-7-15(10-14)21-17-16-8-3-2-5-12(16)9-13(11-18)19-17/h2-10H,11,18H2,1H3. The first-order chi connectivity index (χ1) is 10.3. The second-order valence-corrected chi connectivity index (χ2v) is 4.63. The molecule has 0 saturated heterocycles. The zero-order valence-corrected chi connectivity index (χ0v) is 11.7. The maximum absolute atomic E-state index is 5.93. The number of nitrogens with zero attached hydrogens (tertiary/aromatic N) is 1. The van der Waals surface area contributed by atoms with E-state index in [1.165, 1.54) is 0 Å². The minimum atomic E-state index is 0.374. The fraction of sp³-hybridized carbons (Fsp3) is 0.118. The van der Waals surface area contributed by atoms with Crippen molar-refractivity contribution in [3.05, 3.63) is 60.3 Å². The number of pyridine rings is 1. The highest BCUT2D eigenvalue weighted by atomic mass is 16.5. The van der Waals surface area contributed by atoms with Crippen LogP contribution in [0.4, 0.5) is 0 Å². The molecular formula is C17H16N2O2. The van der Waals surface area contributed by atoms with Crippen molar-refractivity contribution in [2.24, 2.45) is 5.73 Å². The van der Waals surface area contributed by atoms with Gasteiger partial charge >= 0.3 is 0 Å². The van der Waals surface area contributed by atoms with Gasteiger partial charge in [-0.3, -0.25) is 0 Å². The van der Waals surface area contributed by atoms with Gasteiger partial charge < -0.3 is 15.2 Å². The monoisotopic (exact) mass is 280 g/mol. The first kappa shape index (κ1) is 13.4. The van der Waals surface area contributed by atoms with Gasteiger partial charge in [0.15, 0.2) is 0 Å². The van der Waals surface area contributed by atoms with E-state index >= 15 is 0 Å². The number of hydrogen-bond donors (Lipinski definition) is 1. The van der Waals surface area contributed by atoms with Crippen molar-refractivity contribution < 1.29 is 9.47 Å². The summed E-state index contributed by atoms with van der Waals surface area (Å²) in [6, 6.07) is 17.4. The average Bonchev–Trinajstić information content (AvgIpc) is 2.55. The third kappa shape index (κ3) is 2.80. The van der Waals surface area contributed by atoms with Crippen LogP contribution in [0.1, 0.15) is 5.69 Å². The van der Waals surface area contributed by atoms with Gasteiger partial charge in [-0.05, 0) is 29.7 Å². The van der Waals surface area contributed by atoms with E-state index in [4.69, 9.17) is 15.2 Å². The van der Waals surface area contributed by atoms with Crippen LogP contribution in [0, 0.1) is 0 Å². The van der Waals surface area contributed by atoms with Gasteiger partial charge in [-0.2, -0.15) is 0 Å². The normalized spacial score (nSPS) is 10.6. The molecule has 4 nitrogen and oxygen atoms in total. The predicted molar refractivity (Wildman–Crippen MR) is 82.7 cm³/mol. The number of aromatic nitrogens is 1. The van der Waals surface area contributed by atoms with Gasteiger partial charge in [-0.25, -0.2) is 4.98 Å².